The smallest absolute Gasteiger partial charge is 0.235 e. The summed E-state index contributed by atoms with van der Waals surface area (Å²) < 4.78 is 18.7. The van der Waals surface area contributed by atoms with Crippen molar-refractivity contribution in [1.82, 2.24) is 19.8 Å². The molecule has 26 heavy (non-hydrogen) atoms. The molecule has 0 aliphatic carbocycles. The largest absolute Gasteiger partial charge is 0.486 e. The Hall–Kier alpha value is -3.13. The molecule has 1 aliphatic rings. The van der Waals surface area contributed by atoms with Crippen molar-refractivity contribution in [3.05, 3.63) is 54.4 Å². The number of fused-ring (bicyclic) bond motifs is 2. The summed E-state index contributed by atoms with van der Waals surface area (Å²) in [6.07, 6.45) is 0. The standard InChI is InChI=1S/C18H14N4O3S/c1-2-4-13(5-3-1)25-11-16-19-20-18-22(16)21-17(26-18)12-6-7-14-15(10-12)24-9-8-23-14/h1-7,10H,8-9,11H2. The molecule has 0 unspecified atom stereocenters. The van der Waals surface area contributed by atoms with Crippen molar-refractivity contribution in [3.63, 3.8) is 0 Å². The summed E-state index contributed by atoms with van der Waals surface area (Å²) in [7, 11) is 0. The van der Waals surface area contributed by atoms with E-state index in [1.54, 1.807) is 4.52 Å². The number of ether oxygens (including phenoxy) is 3. The van der Waals surface area contributed by atoms with E-state index in [-0.39, 0.29) is 0 Å². The lowest BCUT2D eigenvalue weighted by Crippen LogP contribution is -2.15. The molecule has 0 spiro atoms. The molecule has 0 saturated heterocycles. The van der Waals surface area contributed by atoms with Gasteiger partial charge in [-0.3, -0.25) is 0 Å². The molecule has 0 amide bonds. The average Bonchev–Trinajstić information content (AvgIpc) is 3.28. The second-order valence-corrected chi connectivity index (χ2v) is 6.63. The predicted octanol–water partition coefficient (Wildman–Crippen LogP) is 3.20. The second kappa shape index (κ2) is 6.30. The molecule has 0 fully saturated rings. The van der Waals surface area contributed by atoms with Crippen LogP contribution in [0.4, 0.5) is 0 Å². The number of benzene rings is 2. The molecule has 2 aromatic heterocycles. The molecule has 7 nitrogen and oxygen atoms in total. The van der Waals surface area contributed by atoms with E-state index in [1.807, 2.05) is 48.5 Å². The molecule has 8 heteroatoms. The van der Waals surface area contributed by atoms with E-state index in [9.17, 15) is 0 Å². The first-order chi connectivity index (χ1) is 12.9. The lowest BCUT2D eigenvalue weighted by atomic mass is 10.2. The molecule has 0 bridgehead atoms. The molecule has 0 atom stereocenters. The quantitative estimate of drug-likeness (QED) is 0.552. The molecule has 4 aromatic rings. The summed E-state index contributed by atoms with van der Waals surface area (Å²) in [5, 5.41) is 13.8. The third-order valence-corrected chi connectivity index (χ3v) is 4.90. The fourth-order valence-corrected chi connectivity index (χ4v) is 3.56. The Morgan fingerprint density at radius 3 is 2.73 bits per heavy atom. The van der Waals surface area contributed by atoms with Gasteiger partial charge in [0.05, 0.1) is 0 Å². The van der Waals surface area contributed by atoms with Crippen LogP contribution in [0.3, 0.4) is 0 Å². The molecular formula is C18H14N4O3S. The van der Waals surface area contributed by atoms with Crippen LogP contribution in [0.2, 0.25) is 0 Å². The van der Waals surface area contributed by atoms with Gasteiger partial charge in [-0.15, -0.1) is 10.2 Å². The maximum atomic E-state index is 5.75. The van der Waals surface area contributed by atoms with Gasteiger partial charge < -0.3 is 14.2 Å². The summed E-state index contributed by atoms with van der Waals surface area (Å²) in [4.78, 5) is 0.724. The minimum Gasteiger partial charge on any atom is -0.486 e. The van der Waals surface area contributed by atoms with Crippen LogP contribution in [0, 0.1) is 0 Å². The highest BCUT2D eigenvalue weighted by Crippen LogP contribution is 2.35. The number of aromatic nitrogens is 4. The lowest BCUT2D eigenvalue weighted by Gasteiger charge is -2.18. The minimum absolute atomic E-state index is 0.301. The Labute approximate surface area is 152 Å². The summed E-state index contributed by atoms with van der Waals surface area (Å²) in [5.74, 6) is 2.95. The molecule has 3 heterocycles. The number of rotatable bonds is 4. The number of hydrogen-bond donors (Lipinski definition) is 0. The highest BCUT2D eigenvalue weighted by atomic mass is 32.1. The highest BCUT2D eigenvalue weighted by molar-refractivity contribution is 7.19. The predicted molar refractivity (Wildman–Crippen MR) is 95.9 cm³/mol. The third kappa shape index (κ3) is 2.74. The van der Waals surface area contributed by atoms with E-state index in [1.165, 1.54) is 11.3 Å². The molecule has 1 aliphatic heterocycles. The molecular weight excluding hydrogens is 352 g/mol. The Kier molecular flexibility index (Phi) is 3.67. The third-order valence-electron chi connectivity index (χ3n) is 3.96. The first kappa shape index (κ1) is 15.2. The zero-order valence-electron chi connectivity index (χ0n) is 13.7. The maximum Gasteiger partial charge on any atom is 0.235 e. The van der Waals surface area contributed by atoms with Crippen LogP contribution < -0.4 is 14.2 Å². The van der Waals surface area contributed by atoms with Crippen molar-refractivity contribution in [3.8, 4) is 27.8 Å². The Bertz CT molecular complexity index is 1060. The monoisotopic (exact) mass is 366 g/mol. The fourth-order valence-electron chi connectivity index (χ4n) is 2.71. The van der Waals surface area contributed by atoms with Crippen molar-refractivity contribution in [2.75, 3.05) is 13.2 Å². The average molecular weight is 366 g/mol. The molecule has 0 N–H and O–H groups in total. The van der Waals surface area contributed by atoms with Crippen LogP contribution in [0.1, 0.15) is 5.82 Å². The number of para-hydroxylation sites is 1. The topological polar surface area (TPSA) is 70.8 Å². The Morgan fingerprint density at radius 2 is 1.85 bits per heavy atom. The van der Waals surface area contributed by atoms with Crippen LogP contribution in [0.5, 0.6) is 17.2 Å². The van der Waals surface area contributed by atoms with Crippen molar-refractivity contribution in [1.29, 1.82) is 0 Å². The number of nitrogens with zero attached hydrogens (tertiary/aromatic N) is 4. The van der Waals surface area contributed by atoms with Crippen molar-refractivity contribution >= 4 is 16.3 Å². The van der Waals surface area contributed by atoms with Gasteiger partial charge in [-0.05, 0) is 30.3 Å². The summed E-state index contributed by atoms with van der Waals surface area (Å²) >= 11 is 1.47. The van der Waals surface area contributed by atoms with Crippen LogP contribution in [0.25, 0.3) is 15.5 Å². The fraction of sp³-hybridized carbons (Fsp3) is 0.167. The molecule has 0 saturated carbocycles. The lowest BCUT2D eigenvalue weighted by molar-refractivity contribution is 0.171. The van der Waals surface area contributed by atoms with Crippen molar-refractivity contribution in [2.45, 2.75) is 6.61 Å². The van der Waals surface area contributed by atoms with E-state index in [2.05, 4.69) is 15.3 Å². The van der Waals surface area contributed by atoms with Gasteiger partial charge in [0, 0.05) is 5.56 Å². The van der Waals surface area contributed by atoms with E-state index >= 15 is 0 Å². The van der Waals surface area contributed by atoms with Gasteiger partial charge in [-0.2, -0.15) is 9.61 Å². The SMILES string of the molecule is c1ccc(OCc2nnc3sc(-c4ccc5c(c4)OCCO5)nn23)cc1. The van der Waals surface area contributed by atoms with E-state index in [0.29, 0.717) is 25.6 Å². The Morgan fingerprint density at radius 1 is 1.00 bits per heavy atom. The van der Waals surface area contributed by atoms with Gasteiger partial charge in [0.2, 0.25) is 4.96 Å². The van der Waals surface area contributed by atoms with Crippen LogP contribution in [-0.4, -0.2) is 33.0 Å². The van der Waals surface area contributed by atoms with E-state index in [4.69, 9.17) is 14.2 Å². The van der Waals surface area contributed by atoms with Gasteiger partial charge in [-0.25, -0.2) is 0 Å². The molecule has 2 aromatic carbocycles. The van der Waals surface area contributed by atoms with E-state index in [0.717, 1.165) is 32.8 Å². The molecule has 0 radical (unpaired) electrons. The van der Waals surface area contributed by atoms with Gasteiger partial charge in [-0.1, -0.05) is 29.5 Å². The molecule has 5 rings (SSSR count). The Balaban J connectivity index is 1.43. The maximum absolute atomic E-state index is 5.75. The van der Waals surface area contributed by atoms with Gasteiger partial charge in [0.15, 0.2) is 17.3 Å². The van der Waals surface area contributed by atoms with Crippen molar-refractivity contribution < 1.29 is 14.2 Å². The molecule has 130 valence electrons. The zero-order valence-corrected chi connectivity index (χ0v) is 14.5. The summed E-state index contributed by atoms with van der Waals surface area (Å²) in [6.45, 7) is 1.44. The minimum atomic E-state index is 0.301. The van der Waals surface area contributed by atoms with Crippen LogP contribution in [-0.2, 0) is 6.61 Å². The first-order valence-electron chi connectivity index (χ1n) is 8.16. The van der Waals surface area contributed by atoms with Crippen LogP contribution >= 0.6 is 11.3 Å². The van der Waals surface area contributed by atoms with Gasteiger partial charge in [0.25, 0.3) is 0 Å². The number of hydrogen-bond acceptors (Lipinski definition) is 7. The van der Waals surface area contributed by atoms with Gasteiger partial charge in [0.1, 0.15) is 30.6 Å². The normalized spacial score (nSPS) is 13.1. The summed E-state index contributed by atoms with van der Waals surface area (Å²) in [6, 6.07) is 15.4. The van der Waals surface area contributed by atoms with E-state index < -0.39 is 0 Å². The van der Waals surface area contributed by atoms with Crippen LogP contribution in [0.15, 0.2) is 48.5 Å². The zero-order chi connectivity index (χ0) is 17.3. The van der Waals surface area contributed by atoms with Gasteiger partial charge >= 0.3 is 0 Å². The highest BCUT2D eigenvalue weighted by Gasteiger charge is 2.17. The first-order valence-corrected chi connectivity index (χ1v) is 8.97. The summed E-state index contributed by atoms with van der Waals surface area (Å²) in [5.41, 5.74) is 0.958. The van der Waals surface area contributed by atoms with Crippen molar-refractivity contribution in [2.24, 2.45) is 0 Å². The second-order valence-electron chi connectivity index (χ2n) is 5.68.